The van der Waals surface area contributed by atoms with E-state index in [1.807, 2.05) is 12.1 Å². The third-order valence-electron chi connectivity index (χ3n) is 3.48. The molecular weight excluding hydrogens is 262 g/mol. The predicted octanol–water partition coefficient (Wildman–Crippen LogP) is 3.96. The highest BCUT2D eigenvalue weighted by Crippen LogP contribution is 2.21. The van der Waals surface area contributed by atoms with Gasteiger partial charge in [-0.05, 0) is 48.6 Å². The number of carboxylic acids is 1. The highest BCUT2D eigenvalue weighted by atomic mass is 16.4. The molecule has 2 rings (SSSR count). The number of carbonyl (C=O) groups is 1. The van der Waals surface area contributed by atoms with E-state index in [2.05, 4.69) is 44.2 Å². The highest BCUT2D eigenvalue weighted by Gasteiger charge is 2.04. The molecule has 0 heterocycles. The molecule has 112 valence electrons. The van der Waals surface area contributed by atoms with Crippen molar-refractivity contribution in [2.45, 2.75) is 33.6 Å². The Balaban J connectivity index is 0.000000383. The summed E-state index contributed by atoms with van der Waals surface area (Å²) in [6.45, 7) is 5.82. The van der Waals surface area contributed by atoms with Gasteiger partial charge in [-0.3, -0.25) is 4.79 Å². The zero-order chi connectivity index (χ0) is 15.8. The monoisotopic (exact) mass is 285 g/mol. The Morgan fingerprint density at radius 2 is 1.62 bits per heavy atom. The Morgan fingerprint density at radius 3 is 2.14 bits per heavy atom. The summed E-state index contributed by atoms with van der Waals surface area (Å²) in [6, 6.07) is 14.6. The van der Waals surface area contributed by atoms with Gasteiger partial charge in [-0.25, -0.2) is 0 Å². The SMILES string of the molecule is CCC(=O)O.Cc1c(N)ccc(Cc2ccccc2)c1C. The molecule has 0 aliphatic rings. The van der Waals surface area contributed by atoms with Crippen LogP contribution in [0.5, 0.6) is 0 Å². The quantitative estimate of drug-likeness (QED) is 0.839. The third-order valence-corrected chi connectivity index (χ3v) is 3.48. The van der Waals surface area contributed by atoms with Crippen molar-refractivity contribution >= 4 is 11.7 Å². The van der Waals surface area contributed by atoms with Gasteiger partial charge >= 0.3 is 5.97 Å². The van der Waals surface area contributed by atoms with Crippen LogP contribution in [0.3, 0.4) is 0 Å². The number of benzene rings is 2. The number of hydrogen-bond acceptors (Lipinski definition) is 2. The average Bonchev–Trinajstić information content (AvgIpc) is 2.49. The first-order valence-corrected chi connectivity index (χ1v) is 7.06. The zero-order valence-electron chi connectivity index (χ0n) is 12.9. The van der Waals surface area contributed by atoms with Crippen molar-refractivity contribution < 1.29 is 9.90 Å². The van der Waals surface area contributed by atoms with E-state index in [4.69, 9.17) is 10.8 Å². The topological polar surface area (TPSA) is 63.3 Å². The molecule has 0 fully saturated rings. The molecule has 3 N–H and O–H groups in total. The Bertz CT molecular complexity index is 592. The number of rotatable bonds is 3. The van der Waals surface area contributed by atoms with Crippen LogP contribution in [-0.4, -0.2) is 11.1 Å². The molecule has 0 aliphatic heterocycles. The smallest absolute Gasteiger partial charge is 0.303 e. The third kappa shape index (κ3) is 5.30. The van der Waals surface area contributed by atoms with Gasteiger partial charge in [-0.15, -0.1) is 0 Å². The van der Waals surface area contributed by atoms with Crippen molar-refractivity contribution in [2.75, 3.05) is 5.73 Å². The molecular formula is C18H23NO2. The maximum absolute atomic E-state index is 9.37. The minimum atomic E-state index is -0.745. The molecule has 0 unspecified atom stereocenters. The second-order valence-electron chi connectivity index (χ2n) is 4.97. The molecule has 0 radical (unpaired) electrons. The first kappa shape index (κ1) is 16.8. The summed E-state index contributed by atoms with van der Waals surface area (Å²) in [5.74, 6) is -0.745. The Morgan fingerprint density at radius 1 is 1.05 bits per heavy atom. The van der Waals surface area contributed by atoms with E-state index in [-0.39, 0.29) is 6.42 Å². The van der Waals surface area contributed by atoms with Crippen LogP contribution in [-0.2, 0) is 11.2 Å². The van der Waals surface area contributed by atoms with Crippen LogP contribution in [0.15, 0.2) is 42.5 Å². The maximum Gasteiger partial charge on any atom is 0.303 e. The number of hydrogen-bond donors (Lipinski definition) is 2. The van der Waals surface area contributed by atoms with E-state index in [1.165, 1.54) is 22.3 Å². The molecule has 0 atom stereocenters. The van der Waals surface area contributed by atoms with Crippen LogP contribution in [0, 0.1) is 13.8 Å². The van der Waals surface area contributed by atoms with Crippen molar-refractivity contribution in [1.82, 2.24) is 0 Å². The first-order valence-electron chi connectivity index (χ1n) is 7.06. The molecule has 2 aromatic rings. The average molecular weight is 285 g/mol. The van der Waals surface area contributed by atoms with Crippen LogP contribution >= 0.6 is 0 Å². The number of carboxylic acid groups (broad SMARTS) is 1. The summed E-state index contributed by atoms with van der Waals surface area (Å²) in [4.78, 5) is 9.37. The largest absolute Gasteiger partial charge is 0.481 e. The van der Waals surface area contributed by atoms with E-state index in [9.17, 15) is 4.79 Å². The fourth-order valence-electron chi connectivity index (χ4n) is 1.90. The Hall–Kier alpha value is -2.29. The minimum Gasteiger partial charge on any atom is -0.481 e. The lowest BCUT2D eigenvalue weighted by Crippen LogP contribution is -1.98. The molecule has 0 saturated carbocycles. The fourth-order valence-corrected chi connectivity index (χ4v) is 1.90. The van der Waals surface area contributed by atoms with Crippen molar-refractivity contribution in [2.24, 2.45) is 0 Å². The van der Waals surface area contributed by atoms with Gasteiger partial charge in [0.05, 0.1) is 0 Å². The highest BCUT2D eigenvalue weighted by molar-refractivity contribution is 5.66. The fraction of sp³-hybridized carbons (Fsp3) is 0.278. The number of nitrogen functional groups attached to an aromatic ring is 1. The lowest BCUT2D eigenvalue weighted by atomic mass is 9.96. The molecule has 0 aromatic heterocycles. The molecule has 0 aliphatic carbocycles. The lowest BCUT2D eigenvalue weighted by Gasteiger charge is -2.11. The van der Waals surface area contributed by atoms with Crippen LogP contribution in [0.2, 0.25) is 0 Å². The van der Waals surface area contributed by atoms with E-state index >= 15 is 0 Å². The molecule has 0 bridgehead atoms. The maximum atomic E-state index is 9.37. The summed E-state index contributed by atoms with van der Waals surface area (Å²) < 4.78 is 0. The molecule has 3 heteroatoms. The first-order chi connectivity index (χ1) is 9.95. The normalized spacial score (nSPS) is 9.67. The van der Waals surface area contributed by atoms with Crippen LogP contribution in [0.1, 0.15) is 35.6 Å². The standard InChI is InChI=1S/C15H17N.C3H6O2/c1-11-12(2)15(16)9-8-14(11)10-13-6-4-3-5-7-13;1-2-3(4)5/h3-9H,10,16H2,1-2H3;2H2,1H3,(H,4,5). The van der Waals surface area contributed by atoms with Crippen LogP contribution < -0.4 is 5.73 Å². The number of aliphatic carboxylic acids is 1. The second-order valence-corrected chi connectivity index (χ2v) is 4.97. The van der Waals surface area contributed by atoms with Crippen molar-refractivity contribution in [3.8, 4) is 0 Å². The molecule has 0 spiro atoms. The second kappa shape index (κ2) is 8.10. The van der Waals surface area contributed by atoms with Gasteiger partial charge in [0.2, 0.25) is 0 Å². The molecule has 2 aromatic carbocycles. The van der Waals surface area contributed by atoms with Gasteiger partial charge in [0.25, 0.3) is 0 Å². The van der Waals surface area contributed by atoms with Gasteiger partial charge in [0, 0.05) is 12.1 Å². The minimum absolute atomic E-state index is 0.222. The van der Waals surface area contributed by atoms with Crippen molar-refractivity contribution in [3.63, 3.8) is 0 Å². The van der Waals surface area contributed by atoms with Crippen LogP contribution in [0.4, 0.5) is 5.69 Å². The predicted molar refractivity (Wildman–Crippen MR) is 87.5 cm³/mol. The summed E-state index contributed by atoms with van der Waals surface area (Å²) in [5.41, 5.74) is 12.0. The summed E-state index contributed by atoms with van der Waals surface area (Å²) in [7, 11) is 0. The van der Waals surface area contributed by atoms with Crippen LogP contribution in [0.25, 0.3) is 0 Å². The van der Waals surface area contributed by atoms with E-state index in [0.717, 1.165) is 12.1 Å². The van der Waals surface area contributed by atoms with E-state index in [0.29, 0.717) is 0 Å². The number of anilines is 1. The van der Waals surface area contributed by atoms with Gasteiger partial charge in [-0.2, -0.15) is 0 Å². The Labute approximate surface area is 126 Å². The lowest BCUT2D eigenvalue weighted by molar-refractivity contribution is -0.136. The van der Waals surface area contributed by atoms with Gasteiger partial charge in [0.1, 0.15) is 0 Å². The molecule has 21 heavy (non-hydrogen) atoms. The van der Waals surface area contributed by atoms with Gasteiger partial charge in [-0.1, -0.05) is 43.3 Å². The van der Waals surface area contributed by atoms with E-state index < -0.39 is 5.97 Å². The molecule has 3 nitrogen and oxygen atoms in total. The van der Waals surface area contributed by atoms with Crippen molar-refractivity contribution in [1.29, 1.82) is 0 Å². The summed E-state index contributed by atoms with van der Waals surface area (Å²) in [5, 5.41) is 7.72. The van der Waals surface area contributed by atoms with E-state index in [1.54, 1.807) is 6.92 Å². The molecule has 0 saturated heterocycles. The summed E-state index contributed by atoms with van der Waals surface area (Å²) >= 11 is 0. The van der Waals surface area contributed by atoms with Gasteiger partial charge in [0.15, 0.2) is 0 Å². The molecule has 0 amide bonds. The zero-order valence-corrected chi connectivity index (χ0v) is 12.9. The Kier molecular flexibility index (Phi) is 6.47. The number of nitrogens with two attached hydrogens (primary N) is 1. The van der Waals surface area contributed by atoms with Gasteiger partial charge < -0.3 is 10.8 Å². The van der Waals surface area contributed by atoms with Crippen molar-refractivity contribution in [3.05, 3.63) is 64.7 Å². The summed E-state index contributed by atoms with van der Waals surface area (Å²) in [6.07, 6.45) is 1.20.